The fourth-order valence-electron chi connectivity index (χ4n) is 1.82. The standard InChI is InChI=1S/C11H19NO/c1-2-3-4-5-11(12)10-6-8-13-9-7-10/h1,10-11H,3-9,12H2. The topological polar surface area (TPSA) is 35.2 Å². The molecule has 0 aromatic heterocycles. The second-order valence-corrected chi connectivity index (χ2v) is 3.71. The van der Waals surface area contributed by atoms with E-state index in [0.717, 1.165) is 45.3 Å². The predicted molar refractivity (Wildman–Crippen MR) is 54.2 cm³/mol. The lowest BCUT2D eigenvalue weighted by Crippen LogP contribution is -2.34. The maximum Gasteiger partial charge on any atom is 0.0469 e. The summed E-state index contributed by atoms with van der Waals surface area (Å²) in [7, 11) is 0. The van der Waals surface area contributed by atoms with E-state index >= 15 is 0 Å². The molecule has 0 amide bonds. The monoisotopic (exact) mass is 181 g/mol. The summed E-state index contributed by atoms with van der Waals surface area (Å²) in [5, 5.41) is 0. The lowest BCUT2D eigenvalue weighted by Gasteiger charge is -2.27. The van der Waals surface area contributed by atoms with Crippen molar-refractivity contribution >= 4 is 0 Å². The van der Waals surface area contributed by atoms with Crippen LogP contribution in [0.1, 0.15) is 32.1 Å². The van der Waals surface area contributed by atoms with Crippen LogP contribution in [0.15, 0.2) is 0 Å². The third-order valence-corrected chi connectivity index (χ3v) is 2.73. The fourth-order valence-corrected chi connectivity index (χ4v) is 1.82. The van der Waals surface area contributed by atoms with Gasteiger partial charge < -0.3 is 10.5 Å². The summed E-state index contributed by atoms with van der Waals surface area (Å²) in [5.74, 6) is 3.30. The van der Waals surface area contributed by atoms with Gasteiger partial charge in [0.1, 0.15) is 0 Å². The predicted octanol–water partition coefficient (Wildman–Crippen LogP) is 1.54. The molecule has 1 aliphatic rings. The Balaban J connectivity index is 2.14. The van der Waals surface area contributed by atoms with Gasteiger partial charge in [-0.3, -0.25) is 0 Å². The molecule has 2 nitrogen and oxygen atoms in total. The highest BCUT2D eigenvalue weighted by Gasteiger charge is 2.19. The van der Waals surface area contributed by atoms with E-state index in [1.54, 1.807) is 0 Å². The molecule has 13 heavy (non-hydrogen) atoms. The van der Waals surface area contributed by atoms with Gasteiger partial charge in [-0.1, -0.05) is 0 Å². The SMILES string of the molecule is C#CCCCC(N)C1CCOCC1. The molecular formula is C11H19NO. The zero-order valence-electron chi connectivity index (χ0n) is 8.17. The third-order valence-electron chi connectivity index (χ3n) is 2.73. The zero-order valence-corrected chi connectivity index (χ0v) is 8.17. The minimum absolute atomic E-state index is 0.331. The first-order valence-corrected chi connectivity index (χ1v) is 5.11. The first-order valence-electron chi connectivity index (χ1n) is 5.11. The molecule has 0 spiro atoms. The largest absolute Gasteiger partial charge is 0.381 e. The minimum Gasteiger partial charge on any atom is -0.381 e. The number of hydrogen-bond acceptors (Lipinski definition) is 2. The number of terminal acetylenes is 1. The molecule has 0 aromatic carbocycles. The summed E-state index contributed by atoms with van der Waals surface area (Å²) < 4.78 is 5.29. The number of rotatable bonds is 4. The average Bonchev–Trinajstić information content (AvgIpc) is 2.19. The molecule has 74 valence electrons. The van der Waals surface area contributed by atoms with E-state index in [2.05, 4.69) is 5.92 Å². The van der Waals surface area contributed by atoms with Crippen LogP contribution < -0.4 is 5.73 Å². The van der Waals surface area contributed by atoms with E-state index in [-0.39, 0.29) is 0 Å². The van der Waals surface area contributed by atoms with Gasteiger partial charge in [-0.25, -0.2) is 0 Å². The summed E-state index contributed by atoms with van der Waals surface area (Å²) in [6, 6.07) is 0.331. The lowest BCUT2D eigenvalue weighted by atomic mass is 9.89. The summed E-state index contributed by atoms with van der Waals surface area (Å²) in [5.41, 5.74) is 6.07. The van der Waals surface area contributed by atoms with Crippen LogP contribution in [0.25, 0.3) is 0 Å². The first-order chi connectivity index (χ1) is 6.34. The van der Waals surface area contributed by atoms with Crippen molar-refractivity contribution in [3.63, 3.8) is 0 Å². The van der Waals surface area contributed by atoms with E-state index in [9.17, 15) is 0 Å². The molecule has 1 saturated heterocycles. The molecule has 2 N–H and O–H groups in total. The van der Waals surface area contributed by atoms with Crippen molar-refractivity contribution in [2.75, 3.05) is 13.2 Å². The highest BCUT2D eigenvalue weighted by atomic mass is 16.5. The maximum atomic E-state index is 6.07. The summed E-state index contributed by atoms with van der Waals surface area (Å²) in [6.07, 6.45) is 10.4. The molecule has 0 aromatic rings. The second-order valence-electron chi connectivity index (χ2n) is 3.71. The van der Waals surface area contributed by atoms with Gasteiger partial charge in [0, 0.05) is 25.7 Å². The molecule has 0 bridgehead atoms. The second kappa shape index (κ2) is 6.01. The van der Waals surface area contributed by atoms with Gasteiger partial charge in [0.2, 0.25) is 0 Å². The van der Waals surface area contributed by atoms with Crippen LogP contribution in [0.3, 0.4) is 0 Å². The Morgan fingerprint density at radius 1 is 1.46 bits per heavy atom. The van der Waals surface area contributed by atoms with Gasteiger partial charge in [0.25, 0.3) is 0 Å². The Bertz CT molecular complexity index is 167. The van der Waals surface area contributed by atoms with Crippen molar-refractivity contribution in [2.24, 2.45) is 11.7 Å². The Hall–Kier alpha value is -0.520. The number of ether oxygens (including phenoxy) is 1. The van der Waals surface area contributed by atoms with Crippen molar-refractivity contribution in [3.05, 3.63) is 0 Å². The van der Waals surface area contributed by atoms with Crippen LogP contribution in [0, 0.1) is 18.3 Å². The van der Waals surface area contributed by atoms with Gasteiger partial charge in [0.15, 0.2) is 0 Å². The van der Waals surface area contributed by atoms with Crippen LogP contribution in [-0.2, 0) is 4.74 Å². The fraction of sp³-hybridized carbons (Fsp3) is 0.818. The molecule has 0 aliphatic carbocycles. The van der Waals surface area contributed by atoms with Crippen molar-refractivity contribution in [2.45, 2.75) is 38.1 Å². The van der Waals surface area contributed by atoms with Crippen molar-refractivity contribution < 1.29 is 4.74 Å². The summed E-state index contributed by atoms with van der Waals surface area (Å²) in [4.78, 5) is 0. The smallest absolute Gasteiger partial charge is 0.0469 e. The van der Waals surface area contributed by atoms with Crippen molar-refractivity contribution in [1.29, 1.82) is 0 Å². The van der Waals surface area contributed by atoms with E-state index in [1.807, 2.05) is 0 Å². The van der Waals surface area contributed by atoms with Gasteiger partial charge >= 0.3 is 0 Å². The van der Waals surface area contributed by atoms with E-state index < -0.39 is 0 Å². The van der Waals surface area contributed by atoms with E-state index in [1.165, 1.54) is 0 Å². The highest BCUT2D eigenvalue weighted by Crippen LogP contribution is 2.20. The van der Waals surface area contributed by atoms with Crippen molar-refractivity contribution in [1.82, 2.24) is 0 Å². The van der Waals surface area contributed by atoms with Gasteiger partial charge in [-0.05, 0) is 31.6 Å². The van der Waals surface area contributed by atoms with Crippen LogP contribution in [0.4, 0.5) is 0 Å². The number of nitrogens with two attached hydrogens (primary N) is 1. The van der Waals surface area contributed by atoms with E-state index in [0.29, 0.717) is 12.0 Å². The zero-order chi connectivity index (χ0) is 9.52. The number of unbranched alkanes of at least 4 members (excludes halogenated alkanes) is 1. The molecule has 2 heteroatoms. The lowest BCUT2D eigenvalue weighted by molar-refractivity contribution is 0.0573. The molecule has 1 rings (SSSR count). The van der Waals surface area contributed by atoms with Gasteiger partial charge in [-0.2, -0.15) is 0 Å². The summed E-state index contributed by atoms with van der Waals surface area (Å²) >= 11 is 0. The Morgan fingerprint density at radius 3 is 2.77 bits per heavy atom. The molecule has 0 radical (unpaired) electrons. The highest BCUT2D eigenvalue weighted by molar-refractivity contribution is 4.84. The molecule has 1 atom stereocenters. The summed E-state index contributed by atoms with van der Waals surface area (Å²) in [6.45, 7) is 1.76. The molecule has 1 heterocycles. The Morgan fingerprint density at radius 2 is 2.15 bits per heavy atom. The molecule has 1 fully saturated rings. The quantitative estimate of drug-likeness (QED) is 0.527. The molecule has 1 unspecified atom stereocenters. The third kappa shape index (κ3) is 3.80. The molecule has 1 aliphatic heterocycles. The van der Waals surface area contributed by atoms with Crippen LogP contribution >= 0.6 is 0 Å². The van der Waals surface area contributed by atoms with Crippen molar-refractivity contribution in [3.8, 4) is 12.3 Å². The van der Waals surface area contributed by atoms with Gasteiger partial charge in [0.05, 0.1) is 0 Å². The normalized spacial score (nSPS) is 20.9. The minimum atomic E-state index is 0.331. The van der Waals surface area contributed by atoms with Crippen LogP contribution in [0.2, 0.25) is 0 Å². The Labute approximate surface area is 80.8 Å². The van der Waals surface area contributed by atoms with E-state index in [4.69, 9.17) is 16.9 Å². The Kier molecular flexibility index (Phi) is 4.88. The van der Waals surface area contributed by atoms with Crippen LogP contribution in [-0.4, -0.2) is 19.3 Å². The van der Waals surface area contributed by atoms with Gasteiger partial charge in [-0.15, -0.1) is 12.3 Å². The first kappa shape index (κ1) is 10.6. The average molecular weight is 181 g/mol. The maximum absolute atomic E-state index is 6.07. The number of hydrogen-bond donors (Lipinski definition) is 1. The van der Waals surface area contributed by atoms with Crippen LogP contribution in [0.5, 0.6) is 0 Å². The molecule has 0 saturated carbocycles. The molecular weight excluding hydrogens is 162 g/mol.